The second-order valence-electron chi connectivity index (χ2n) is 4.46. The highest BCUT2D eigenvalue weighted by Crippen LogP contribution is 2.23. The van der Waals surface area contributed by atoms with E-state index in [1.165, 1.54) is 0 Å². The summed E-state index contributed by atoms with van der Waals surface area (Å²) in [5, 5.41) is 7.84. The average molecular weight is 233 g/mol. The van der Waals surface area contributed by atoms with Gasteiger partial charge in [-0.3, -0.25) is 4.40 Å². The Morgan fingerprint density at radius 1 is 1.41 bits per heavy atom. The zero-order valence-corrected chi connectivity index (χ0v) is 9.49. The lowest BCUT2D eigenvalue weighted by atomic mass is 9.94. The van der Waals surface area contributed by atoms with E-state index in [2.05, 4.69) is 15.2 Å². The van der Waals surface area contributed by atoms with Crippen LogP contribution < -0.4 is 10.5 Å². The fraction of sp³-hybridized carbons (Fsp3) is 0.545. The molecule has 2 heterocycles. The van der Waals surface area contributed by atoms with Crippen molar-refractivity contribution in [1.82, 2.24) is 19.6 Å². The fourth-order valence-corrected chi connectivity index (χ4v) is 2.26. The molecule has 2 aromatic rings. The van der Waals surface area contributed by atoms with E-state index in [1.807, 2.05) is 0 Å². The molecule has 2 N–H and O–H groups in total. The zero-order chi connectivity index (χ0) is 11.7. The van der Waals surface area contributed by atoms with Crippen molar-refractivity contribution in [2.45, 2.75) is 37.8 Å². The summed E-state index contributed by atoms with van der Waals surface area (Å²) < 4.78 is 7.68. The van der Waals surface area contributed by atoms with E-state index in [-0.39, 0.29) is 12.1 Å². The molecule has 0 amide bonds. The van der Waals surface area contributed by atoms with Crippen molar-refractivity contribution in [3.8, 4) is 5.88 Å². The number of hydrogen-bond acceptors (Lipinski definition) is 5. The van der Waals surface area contributed by atoms with Crippen molar-refractivity contribution < 1.29 is 4.74 Å². The van der Waals surface area contributed by atoms with Gasteiger partial charge in [-0.15, -0.1) is 10.2 Å². The topological polar surface area (TPSA) is 78.3 Å². The monoisotopic (exact) mass is 233 g/mol. The number of nitrogens with zero attached hydrogens (tertiary/aromatic N) is 4. The van der Waals surface area contributed by atoms with Crippen LogP contribution in [0, 0.1) is 0 Å². The molecule has 0 bridgehead atoms. The Bertz CT molecular complexity index is 511. The third kappa shape index (κ3) is 2.08. The first-order valence-corrected chi connectivity index (χ1v) is 5.89. The Labute approximate surface area is 98.8 Å². The Hall–Kier alpha value is -1.69. The summed E-state index contributed by atoms with van der Waals surface area (Å²) >= 11 is 0. The number of fused-ring (bicyclic) bond motifs is 1. The Balaban J connectivity index is 1.82. The molecule has 0 saturated heterocycles. The van der Waals surface area contributed by atoms with Crippen molar-refractivity contribution in [2.75, 3.05) is 0 Å². The third-order valence-electron chi connectivity index (χ3n) is 3.13. The van der Waals surface area contributed by atoms with Gasteiger partial charge in [-0.2, -0.15) is 0 Å². The number of hydrogen-bond donors (Lipinski definition) is 1. The van der Waals surface area contributed by atoms with Crippen molar-refractivity contribution in [3.05, 3.63) is 18.7 Å². The molecule has 1 aliphatic rings. The lowest BCUT2D eigenvalue weighted by Gasteiger charge is -2.26. The van der Waals surface area contributed by atoms with E-state index in [9.17, 15) is 0 Å². The van der Waals surface area contributed by atoms with Gasteiger partial charge in [0.1, 0.15) is 12.4 Å². The van der Waals surface area contributed by atoms with Crippen LogP contribution >= 0.6 is 0 Å². The summed E-state index contributed by atoms with van der Waals surface area (Å²) in [5.74, 6) is 0.545. The number of aromatic nitrogens is 4. The predicted octanol–water partition coefficient (Wildman–Crippen LogP) is 0.773. The summed E-state index contributed by atoms with van der Waals surface area (Å²) in [6, 6.07) is 0.242. The molecule has 0 radical (unpaired) electrons. The van der Waals surface area contributed by atoms with Gasteiger partial charge in [-0.25, -0.2) is 4.98 Å². The molecule has 1 saturated carbocycles. The average Bonchev–Trinajstić information content (AvgIpc) is 2.78. The first kappa shape index (κ1) is 10.5. The van der Waals surface area contributed by atoms with Gasteiger partial charge in [0.05, 0.1) is 0 Å². The molecule has 1 fully saturated rings. The fourth-order valence-electron chi connectivity index (χ4n) is 2.26. The van der Waals surface area contributed by atoms with E-state index in [0.717, 1.165) is 25.7 Å². The summed E-state index contributed by atoms with van der Waals surface area (Å²) in [5.41, 5.74) is 6.60. The normalized spacial score (nSPS) is 25.0. The molecule has 90 valence electrons. The summed E-state index contributed by atoms with van der Waals surface area (Å²) in [4.78, 5) is 4.21. The van der Waals surface area contributed by atoms with Crippen LogP contribution in [-0.4, -0.2) is 31.7 Å². The Kier molecular flexibility index (Phi) is 2.64. The highest BCUT2D eigenvalue weighted by Gasteiger charge is 2.22. The molecule has 0 spiro atoms. The maximum absolute atomic E-state index is 5.94. The molecular weight excluding hydrogens is 218 g/mol. The van der Waals surface area contributed by atoms with Crippen LogP contribution in [-0.2, 0) is 0 Å². The predicted molar refractivity (Wildman–Crippen MR) is 61.6 cm³/mol. The molecule has 3 rings (SSSR count). The molecular formula is C11H15N5O. The maximum atomic E-state index is 5.94. The lowest BCUT2D eigenvalue weighted by molar-refractivity contribution is 0.140. The van der Waals surface area contributed by atoms with Crippen LogP contribution in [0.2, 0.25) is 0 Å². The van der Waals surface area contributed by atoms with E-state index in [1.54, 1.807) is 23.1 Å². The van der Waals surface area contributed by atoms with Crippen LogP contribution in [0.5, 0.6) is 5.88 Å². The zero-order valence-electron chi connectivity index (χ0n) is 9.49. The molecule has 6 nitrogen and oxygen atoms in total. The Morgan fingerprint density at radius 3 is 3.24 bits per heavy atom. The minimum atomic E-state index is 0.147. The van der Waals surface area contributed by atoms with Gasteiger partial charge in [0, 0.05) is 18.4 Å². The largest absolute Gasteiger partial charge is 0.472 e. The van der Waals surface area contributed by atoms with Gasteiger partial charge in [-0.1, -0.05) is 0 Å². The molecule has 2 atom stereocenters. The van der Waals surface area contributed by atoms with Gasteiger partial charge in [0.2, 0.25) is 5.65 Å². The van der Waals surface area contributed by atoms with Crippen LogP contribution in [0.15, 0.2) is 18.7 Å². The van der Waals surface area contributed by atoms with Crippen LogP contribution in [0.1, 0.15) is 25.7 Å². The van der Waals surface area contributed by atoms with E-state index in [4.69, 9.17) is 10.5 Å². The number of rotatable bonds is 2. The van der Waals surface area contributed by atoms with E-state index < -0.39 is 0 Å². The number of ether oxygens (including phenoxy) is 1. The first-order chi connectivity index (χ1) is 8.33. The quantitative estimate of drug-likeness (QED) is 0.829. The van der Waals surface area contributed by atoms with Crippen molar-refractivity contribution in [2.24, 2.45) is 5.73 Å². The molecule has 0 aromatic carbocycles. The molecule has 0 aliphatic heterocycles. The molecule has 6 heteroatoms. The first-order valence-electron chi connectivity index (χ1n) is 5.89. The van der Waals surface area contributed by atoms with Crippen LogP contribution in [0.3, 0.4) is 0 Å². The van der Waals surface area contributed by atoms with E-state index >= 15 is 0 Å². The third-order valence-corrected chi connectivity index (χ3v) is 3.13. The van der Waals surface area contributed by atoms with Crippen LogP contribution in [0.4, 0.5) is 0 Å². The standard InChI is InChI=1S/C11H15N5O/c12-8-2-1-3-9(6-8)17-11-10-15-14-7-16(10)5-4-13-11/h4-5,7-9H,1-3,6,12H2. The van der Waals surface area contributed by atoms with Gasteiger partial charge in [0.25, 0.3) is 5.88 Å². The lowest BCUT2D eigenvalue weighted by Crippen LogP contribution is -2.34. The van der Waals surface area contributed by atoms with Crippen LogP contribution in [0.25, 0.3) is 5.65 Å². The smallest absolute Gasteiger partial charge is 0.260 e. The Morgan fingerprint density at radius 2 is 2.35 bits per heavy atom. The van der Waals surface area contributed by atoms with Crippen molar-refractivity contribution in [1.29, 1.82) is 0 Å². The highest BCUT2D eigenvalue weighted by molar-refractivity contribution is 5.47. The maximum Gasteiger partial charge on any atom is 0.260 e. The second-order valence-corrected chi connectivity index (χ2v) is 4.46. The van der Waals surface area contributed by atoms with Gasteiger partial charge in [-0.05, 0) is 25.7 Å². The van der Waals surface area contributed by atoms with Gasteiger partial charge < -0.3 is 10.5 Å². The molecule has 1 aliphatic carbocycles. The molecule has 2 unspecified atom stereocenters. The summed E-state index contributed by atoms with van der Waals surface area (Å²) in [6.07, 6.45) is 9.39. The highest BCUT2D eigenvalue weighted by atomic mass is 16.5. The van der Waals surface area contributed by atoms with Gasteiger partial charge in [0.15, 0.2) is 0 Å². The van der Waals surface area contributed by atoms with E-state index in [0.29, 0.717) is 11.5 Å². The minimum absolute atomic E-state index is 0.147. The SMILES string of the molecule is NC1CCCC(Oc2nccn3cnnc23)C1. The molecule has 17 heavy (non-hydrogen) atoms. The summed E-state index contributed by atoms with van der Waals surface area (Å²) in [7, 11) is 0. The number of nitrogens with two attached hydrogens (primary N) is 1. The van der Waals surface area contributed by atoms with Gasteiger partial charge >= 0.3 is 0 Å². The minimum Gasteiger partial charge on any atom is -0.472 e. The second kappa shape index (κ2) is 4.29. The molecule has 2 aromatic heterocycles. The van der Waals surface area contributed by atoms with Crippen molar-refractivity contribution in [3.63, 3.8) is 0 Å². The summed E-state index contributed by atoms with van der Waals surface area (Å²) in [6.45, 7) is 0. The van der Waals surface area contributed by atoms with Crippen molar-refractivity contribution >= 4 is 5.65 Å².